The van der Waals surface area contributed by atoms with Gasteiger partial charge in [0.1, 0.15) is 11.3 Å². The van der Waals surface area contributed by atoms with E-state index in [0.29, 0.717) is 24.3 Å². The van der Waals surface area contributed by atoms with Crippen LogP contribution in [-0.4, -0.2) is 38.2 Å². The molecule has 3 rings (SSSR count). The van der Waals surface area contributed by atoms with E-state index >= 15 is 0 Å². The van der Waals surface area contributed by atoms with Gasteiger partial charge in [-0.05, 0) is 37.7 Å². The van der Waals surface area contributed by atoms with Crippen molar-refractivity contribution >= 4 is 17.2 Å². The Morgan fingerprint density at radius 1 is 1.19 bits per heavy atom. The van der Waals surface area contributed by atoms with Crippen LogP contribution < -0.4 is 9.47 Å². The topological polar surface area (TPSA) is 53.7 Å². The number of nitrogens with zero attached hydrogens (tertiary/aromatic N) is 2. The van der Waals surface area contributed by atoms with E-state index in [4.69, 9.17) is 4.74 Å². The first-order valence-corrected chi connectivity index (χ1v) is 9.40. The van der Waals surface area contributed by atoms with Crippen LogP contribution in [0.4, 0.5) is 5.69 Å². The average molecular weight is 357 g/mol. The highest BCUT2D eigenvalue weighted by Crippen LogP contribution is 2.37. The van der Waals surface area contributed by atoms with Gasteiger partial charge >= 0.3 is 0 Å². The van der Waals surface area contributed by atoms with Crippen LogP contribution in [0.5, 0.6) is 0 Å². The summed E-state index contributed by atoms with van der Waals surface area (Å²) in [5.74, 6) is 0.976. The van der Waals surface area contributed by atoms with Crippen LogP contribution in [0.1, 0.15) is 32.6 Å². The van der Waals surface area contributed by atoms with Gasteiger partial charge in [-0.1, -0.05) is 0 Å². The summed E-state index contributed by atoms with van der Waals surface area (Å²) in [6.45, 7) is 3.43. The van der Waals surface area contributed by atoms with Gasteiger partial charge in [0.2, 0.25) is 5.70 Å². The summed E-state index contributed by atoms with van der Waals surface area (Å²) < 4.78 is 7.34. The Bertz CT molecular complexity index is 713. The number of aliphatic hydroxyl groups excluding tert-OH is 1. The summed E-state index contributed by atoms with van der Waals surface area (Å²) in [6, 6.07) is 4.00. The predicted molar refractivity (Wildman–Crippen MR) is 102 cm³/mol. The van der Waals surface area contributed by atoms with Crippen molar-refractivity contribution in [2.45, 2.75) is 32.6 Å². The quantitative estimate of drug-likeness (QED) is 0.841. The van der Waals surface area contributed by atoms with Gasteiger partial charge in [-0.3, -0.25) is 4.79 Å². The molecule has 1 N–H and O–H groups in total. The number of rotatable bonds is 4. The minimum atomic E-state index is 0.0440. The van der Waals surface area contributed by atoms with Crippen molar-refractivity contribution in [1.29, 1.82) is 0 Å². The number of hydrogen-bond acceptors (Lipinski definition) is 4. The van der Waals surface area contributed by atoms with E-state index < -0.39 is 0 Å². The zero-order valence-corrected chi connectivity index (χ0v) is 15.9. The molecule has 0 saturated carbocycles. The average Bonchev–Trinajstić information content (AvgIpc) is 2.65. The third-order valence-electron chi connectivity index (χ3n) is 5.54. The number of aliphatic hydroxyl groups is 1. The highest BCUT2D eigenvalue weighted by molar-refractivity contribution is 6.06. The lowest BCUT2D eigenvalue weighted by Crippen LogP contribution is -2.37. The lowest BCUT2D eigenvalue weighted by Gasteiger charge is -2.32. The molecule has 1 saturated heterocycles. The Morgan fingerprint density at radius 3 is 2.38 bits per heavy atom. The van der Waals surface area contributed by atoms with Crippen molar-refractivity contribution in [1.82, 2.24) is 0 Å². The van der Waals surface area contributed by atoms with Gasteiger partial charge in [0.25, 0.3) is 0 Å². The molecule has 1 atom stereocenters. The Hall–Kier alpha value is -2.14. The SMILES string of the molecule is C/C=C(/C1=C(O)CC(C2CCOCC2)CC1=O)[n+]1ccc(N(C)C)cc1. The van der Waals surface area contributed by atoms with Crippen molar-refractivity contribution in [3.05, 3.63) is 41.9 Å². The van der Waals surface area contributed by atoms with Gasteiger partial charge in [-0.2, -0.15) is 4.57 Å². The number of ketones is 1. The lowest BCUT2D eigenvalue weighted by atomic mass is 9.75. The largest absolute Gasteiger partial charge is 0.511 e. The number of anilines is 1. The molecule has 2 heterocycles. The van der Waals surface area contributed by atoms with E-state index in [2.05, 4.69) is 0 Å². The standard InChI is InChI=1S/C21H28N2O3/c1-4-18(23-9-5-17(6-10-23)22(2)3)21-19(24)13-16(14-20(21)25)15-7-11-26-12-8-15/h4-6,9-10,15-16H,7-8,11-14H2,1-3H3/p+1/b18-4-. The zero-order valence-electron chi connectivity index (χ0n) is 15.9. The summed E-state index contributed by atoms with van der Waals surface area (Å²) in [6.07, 6.45) is 8.83. The van der Waals surface area contributed by atoms with Crippen molar-refractivity contribution < 1.29 is 19.2 Å². The molecular weight excluding hydrogens is 328 g/mol. The molecule has 2 aliphatic rings. The Labute approximate surface area is 155 Å². The highest BCUT2D eigenvalue weighted by Gasteiger charge is 2.37. The molecule has 5 nitrogen and oxygen atoms in total. The lowest BCUT2D eigenvalue weighted by molar-refractivity contribution is -0.579. The molecular formula is C21H29N2O3+. The van der Waals surface area contributed by atoms with Gasteiger partial charge in [0.15, 0.2) is 18.2 Å². The Balaban J connectivity index is 1.84. The molecule has 0 radical (unpaired) electrons. The van der Waals surface area contributed by atoms with E-state index in [0.717, 1.165) is 37.4 Å². The third-order valence-corrected chi connectivity index (χ3v) is 5.54. The smallest absolute Gasteiger partial charge is 0.220 e. The molecule has 1 aromatic rings. The first-order valence-electron chi connectivity index (χ1n) is 9.40. The summed E-state index contributed by atoms with van der Waals surface area (Å²) in [5.41, 5.74) is 2.31. The molecule has 0 amide bonds. The number of carbonyl (C=O) groups is 1. The Kier molecular flexibility index (Phi) is 5.77. The number of carbonyl (C=O) groups excluding carboxylic acids is 1. The molecule has 1 aliphatic heterocycles. The van der Waals surface area contributed by atoms with Crippen LogP contribution in [0.2, 0.25) is 0 Å². The molecule has 0 aromatic carbocycles. The fourth-order valence-electron chi connectivity index (χ4n) is 4.03. The maximum Gasteiger partial charge on any atom is 0.220 e. The minimum Gasteiger partial charge on any atom is -0.511 e. The van der Waals surface area contributed by atoms with Crippen molar-refractivity contribution in [2.24, 2.45) is 11.8 Å². The van der Waals surface area contributed by atoms with Crippen LogP contribution in [0.15, 0.2) is 41.9 Å². The minimum absolute atomic E-state index is 0.0440. The number of pyridine rings is 1. The molecule has 1 aromatic heterocycles. The zero-order chi connectivity index (χ0) is 18.7. The summed E-state index contributed by atoms with van der Waals surface area (Å²) in [4.78, 5) is 14.9. The van der Waals surface area contributed by atoms with Gasteiger partial charge in [-0.15, -0.1) is 0 Å². The van der Waals surface area contributed by atoms with Crippen LogP contribution >= 0.6 is 0 Å². The number of Topliss-reactive ketones (excluding diaryl/α,β-unsaturated/α-hetero) is 1. The Morgan fingerprint density at radius 2 is 1.85 bits per heavy atom. The number of aromatic nitrogens is 1. The van der Waals surface area contributed by atoms with E-state index in [1.807, 2.05) is 61.1 Å². The fourth-order valence-corrected chi connectivity index (χ4v) is 4.03. The van der Waals surface area contributed by atoms with Crippen LogP contribution in [0.25, 0.3) is 5.70 Å². The first kappa shape index (κ1) is 18.6. The van der Waals surface area contributed by atoms with Gasteiger partial charge in [-0.25, -0.2) is 0 Å². The molecule has 1 unspecified atom stereocenters. The maximum atomic E-state index is 12.9. The molecule has 26 heavy (non-hydrogen) atoms. The molecule has 0 bridgehead atoms. The van der Waals surface area contributed by atoms with E-state index in [1.165, 1.54) is 0 Å². The summed E-state index contributed by atoms with van der Waals surface area (Å²) in [7, 11) is 3.98. The van der Waals surface area contributed by atoms with Gasteiger partial charge < -0.3 is 14.7 Å². The predicted octanol–water partition coefficient (Wildman–Crippen LogP) is 3.12. The number of hydrogen-bond donors (Lipinski definition) is 1. The first-order chi connectivity index (χ1) is 12.5. The third kappa shape index (κ3) is 3.83. The molecule has 1 aliphatic carbocycles. The summed E-state index contributed by atoms with van der Waals surface area (Å²) in [5, 5.41) is 10.7. The number of allylic oxidation sites excluding steroid dienone is 4. The van der Waals surface area contributed by atoms with E-state index in [-0.39, 0.29) is 17.5 Å². The highest BCUT2D eigenvalue weighted by atomic mass is 16.5. The monoisotopic (exact) mass is 357 g/mol. The molecule has 140 valence electrons. The normalized spacial score (nSPS) is 22.7. The fraction of sp³-hybridized carbons (Fsp3) is 0.524. The second-order valence-corrected chi connectivity index (χ2v) is 7.39. The van der Waals surface area contributed by atoms with Crippen LogP contribution in [0.3, 0.4) is 0 Å². The van der Waals surface area contributed by atoms with Crippen molar-refractivity contribution in [2.75, 3.05) is 32.2 Å². The van der Waals surface area contributed by atoms with Gasteiger partial charge in [0, 0.05) is 58.0 Å². The molecule has 5 heteroatoms. The van der Waals surface area contributed by atoms with Crippen molar-refractivity contribution in [3.63, 3.8) is 0 Å². The van der Waals surface area contributed by atoms with Gasteiger partial charge in [0.05, 0.1) is 0 Å². The van der Waals surface area contributed by atoms with Crippen molar-refractivity contribution in [3.8, 4) is 0 Å². The molecule has 1 fully saturated rings. The van der Waals surface area contributed by atoms with E-state index in [1.54, 1.807) is 0 Å². The molecule has 0 spiro atoms. The summed E-state index contributed by atoms with van der Waals surface area (Å²) >= 11 is 0. The maximum absolute atomic E-state index is 12.9. The second-order valence-electron chi connectivity index (χ2n) is 7.39. The van der Waals surface area contributed by atoms with Crippen LogP contribution in [-0.2, 0) is 9.53 Å². The number of ether oxygens (including phenoxy) is 1. The van der Waals surface area contributed by atoms with Crippen LogP contribution in [0, 0.1) is 11.8 Å². The second kappa shape index (κ2) is 8.04. The van der Waals surface area contributed by atoms with E-state index in [9.17, 15) is 9.90 Å².